The average molecular weight is 247 g/mol. The van der Waals surface area contributed by atoms with E-state index >= 15 is 0 Å². The fourth-order valence-corrected chi connectivity index (χ4v) is 1.53. The van der Waals surface area contributed by atoms with E-state index in [0.29, 0.717) is 5.82 Å². The molecule has 0 aliphatic carbocycles. The Morgan fingerprint density at radius 2 is 1.94 bits per heavy atom. The van der Waals surface area contributed by atoms with Crippen molar-refractivity contribution in [3.05, 3.63) is 36.0 Å². The first kappa shape index (κ1) is 12.0. The minimum absolute atomic E-state index is 0.172. The van der Waals surface area contributed by atoms with E-state index in [1.807, 2.05) is 0 Å². The number of hydrogen-bond donors (Lipinski definition) is 1. The number of esters is 1. The van der Waals surface area contributed by atoms with E-state index in [1.54, 1.807) is 31.4 Å². The number of carbonyl (C=O) groups excluding carboxylic acids is 1. The summed E-state index contributed by atoms with van der Waals surface area (Å²) in [7, 11) is 2.89. The third-order valence-corrected chi connectivity index (χ3v) is 2.45. The zero-order valence-electron chi connectivity index (χ0n) is 10.1. The van der Waals surface area contributed by atoms with Gasteiger partial charge in [0, 0.05) is 6.07 Å². The number of aromatic nitrogens is 2. The molecule has 0 fully saturated rings. The molecular weight excluding hydrogens is 234 g/mol. The molecule has 6 nitrogen and oxygen atoms in total. The van der Waals surface area contributed by atoms with E-state index in [4.69, 9.17) is 10.5 Å². The average Bonchev–Trinajstić information content (AvgIpc) is 2.80. The summed E-state index contributed by atoms with van der Waals surface area (Å²) in [4.78, 5) is 11.3. The highest BCUT2D eigenvalue weighted by molar-refractivity contribution is 5.88. The number of nitrogens with two attached hydrogens (primary N) is 1. The second-order valence-electron chi connectivity index (χ2n) is 3.56. The monoisotopic (exact) mass is 247 g/mol. The number of methoxy groups -OCH3 is 2. The van der Waals surface area contributed by atoms with Gasteiger partial charge in [0.25, 0.3) is 0 Å². The van der Waals surface area contributed by atoms with E-state index < -0.39 is 5.97 Å². The lowest BCUT2D eigenvalue weighted by Crippen LogP contribution is -2.05. The summed E-state index contributed by atoms with van der Waals surface area (Å²) in [5, 5.41) is 4.08. The Labute approximate surface area is 104 Å². The highest BCUT2D eigenvalue weighted by Gasteiger charge is 2.13. The van der Waals surface area contributed by atoms with Gasteiger partial charge in [-0.1, -0.05) is 0 Å². The van der Waals surface area contributed by atoms with Crippen molar-refractivity contribution in [2.75, 3.05) is 20.0 Å². The molecule has 1 aromatic carbocycles. The van der Waals surface area contributed by atoms with Crippen molar-refractivity contribution in [2.24, 2.45) is 0 Å². The van der Waals surface area contributed by atoms with Crippen LogP contribution in [0, 0.1) is 0 Å². The number of hydrogen-bond acceptors (Lipinski definition) is 5. The van der Waals surface area contributed by atoms with E-state index in [2.05, 4.69) is 9.84 Å². The van der Waals surface area contributed by atoms with Gasteiger partial charge in [0.1, 0.15) is 11.6 Å². The predicted molar refractivity (Wildman–Crippen MR) is 65.9 cm³/mol. The lowest BCUT2D eigenvalue weighted by molar-refractivity contribution is 0.0593. The first-order valence-electron chi connectivity index (χ1n) is 5.24. The van der Waals surface area contributed by atoms with Gasteiger partial charge >= 0.3 is 5.97 Å². The molecule has 2 aromatic rings. The van der Waals surface area contributed by atoms with Crippen LogP contribution in [0.1, 0.15) is 10.5 Å². The number of ether oxygens (including phenoxy) is 2. The lowest BCUT2D eigenvalue weighted by atomic mass is 10.3. The lowest BCUT2D eigenvalue weighted by Gasteiger charge is -2.04. The van der Waals surface area contributed by atoms with Crippen molar-refractivity contribution in [1.29, 1.82) is 0 Å². The van der Waals surface area contributed by atoms with Gasteiger partial charge < -0.3 is 15.2 Å². The van der Waals surface area contributed by atoms with Crippen molar-refractivity contribution in [1.82, 2.24) is 9.78 Å². The molecule has 0 spiro atoms. The highest BCUT2D eigenvalue weighted by Crippen LogP contribution is 2.18. The predicted octanol–water partition coefficient (Wildman–Crippen LogP) is 1.25. The van der Waals surface area contributed by atoms with Gasteiger partial charge in [0.2, 0.25) is 0 Å². The highest BCUT2D eigenvalue weighted by atomic mass is 16.5. The molecule has 2 N–H and O–H groups in total. The molecule has 0 radical (unpaired) electrons. The van der Waals surface area contributed by atoms with Crippen LogP contribution in [-0.2, 0) is 4.74 Å². The first-order valence-corrected chi connectivity index (χ1v) is 5.24. The minimum Gasteiger partial charge on any atom is -0.497 e. The normalized spacial score (nSPS) is 10.1. The second kappa shape index (κ2) is 4.79. The van der Waals surface area contributed by atoms with Gasteiger partial charge in [0.05, 0.1) is 19.9 Å². The minimum atomic E-state index is -0.519. The maximum atomic E-state index is 11.3. The van der Waals surface area contributed by atoms with Gasteiger partial charge in [-0.15, -0.1) is 0 Å². The van der Waals surface area contributed by atoms with Crippen LogP contribution in [0.4, 0.5) is 5.82 Å². The number of benzene rings is 1. The summed E-state index contributed by atoms with van der Waals surface area (Å²) in [6.45, 7) is 0. The largest absolute Gasteiger partial charge is 0.497 e. The second-order valence-corrected chi connectivity index (χ2v) is 3.56. The molecule has 0 aliphatic heterocycles. The van der Waals surface area contributed by atoms with Crippen molar-refractivity contribution < 1.29 is 14.3 Å². The number of nitrogen functional groups attached to an aromatic ring is 1. The molecule has 2 rings (SSSR count). The molecule has 94 valence electrons. The fourth-order valence-electron chi connectivity index (χ4n) is 1.53. The molecule has 6 heteroatoms. The molecule has 0 saturated carbocycles. The van der Waals surface area contributed by atoms with Crippen molar-refractivity contribution in [3.63, 3.8) is 0 Å². The molecule has 0 atom stereocenters. The zero-order valence-corrected chi connectivity index (χ0v) is 10.1. The summed E-state index contributed by atoms with van der Waals surface area (Å²) < 4.78 is 11.1. The molecule has 1 aromatic heterocycles. The molecule has 0 bridgehead atoms. The Kier molecular flexibility index (Phi) is 3.18. The third-order valence-electron chi connectivity index (χ3n) is 2.45. The van der Waals surface area contributed by atoms with Gasteiger partial charge in [0.15, 0.2) is 5.69 Å². The van der Waals surface area contributed by atoms with E-state index in [-0.39, 0.29) is 5.69 Å². The summed E-state index contributed by atoms with van der Waals surface area (Å²) in [6.07, 6.45) is 0. The summed E-state index contributed by atoms with van der Waals surface area (Å²) in [5.41, 5.74) is 6.71. The van der Waals surface area contributed by atoms with Gasteiger partial charge in [-0.25, -0.2) is 9.48 Å². The quantitative estimate of drug-likeness (QED) is 0.826. The molecule has 0 unspecified atom stereocenters. The maximum absolute atomic E-state index is 11.3. The van der Waals surface area contributed by atoms with E-state index in [1.165, 1.54) is 17.9 Å². The topological polar surface area (TPSA) is 79.4 Å². The van der Waals surface area contributed by atoms with Crippen LogP contribution in [0.3, 0.4) is 0 Å². The van der Waals surface area contributed by atoms with E-state index in [9.17, 15) is 4.79 Å². The first-order chi connectivity index (χ1) is 8.65. The van der Waals surface area contributed by atoms with Crippen LogP contribution < -0.4 is 10.5 Å². The Bertz CT molecular complexity index is 560. The molecular formula is C12H13N3O3. The van der Waals surface area contributed by atoms with Crippen LogP contribution in [0.15, 0.2) is 30.3 Å². The summed E-state index contributed by atoms with van der Waals surface area (Å²) in [5.74, 6) is 0.576. The van der Waals surface area contributed by atoms with Gasteiger partial charge in [-0.3, -0.25) is 0 Å². The van der Waals surface area contributed by atoms with Crippen molar-refractivity contribution in [2.45, 2.75) is 0 Å². The third kappa shape index (κ3) is 2.13. The Balaban J connectivity index is 2.37. The Hall–Kier alpha value is -2.50. The van der Waals surface area contributed by atoms with Crippen LogP contribution in [0.2, 0.25) is 0 Å². The number of nitrogens with zero attached hydrogens (tertiary/aromatic N) is 2. The molecule has 0 aliphatic rings. The Morgan fingerprint density at radius 1 is 1.28 bits per heavy atom. The number of rotatable bonds is 3. The molecule has 18 heavy (non-hydrogen) atoms. The Morgan fingerprint density at radius 3 is 2.50 bits per heavy atom. The zero-order chi connectivity index (χ0) is 13.1. The summed E-state index contributed by atoms with van der Waals surface area (Å²) in [6, 6.07) is 8.63. The van der Waals surface area contributed by atoms with Crippen LogP contribution in [0.25, 0.3) is 5.69 Å². The maximum Gasteiger partial charge on any atom is 0.358 e. The van der Waals surface area contributed by atoms with Crippen LogP contribution in [-0.4, -0.2) is 30.0 Å². The summed E-state index contributed by atoms with van der Waals surface area (Å²) >= 11 is 0. The van der Waals surface area contributed by atoms with Gasteiger partial charge in [-0.2, -0.15) is 5.10 Å². The molecule has 0 amide bonds. The SMILES string of the molecule is COC(=O)c1cc(N)n(-c2ccc(OC)cc2)n1. The fraction of sp³-hybridized carbons (Fsp3) is 0.167. The molecule has 1 heterocycles. The smallest absolute Gasteiger partial charge is 0.358 e. The van der Waals surface area contributed by atoms with Gasteiger partial charge in [-0.05, 0) is 24.3 Å². The number of anilines is 1. The van der Waals surface area contributed by atoms with Crippen molar-refractivity contribution >= 4 is 11.8 Å². The van der Waals surface area contributed by atoms with Crippen LogP contribution >= 0.6 is 0 Å². The van der Waals surface area contributed by atoms with E-state index in [0.717, 1.165) is 11.4 Å². The standard InChI is InChI=1S/C12H13N3O3/c1-17-9-5-3-8(4-6-9)15-11(13)7-10(14-15)12(16)18-2/h3-7H,13H2,1-2H3. The van der Waals surface area contributed by atoms with Crippen molar-refractivity contribution in [3.8, 4) is 11.4 Å². The molecule has 0 saturated heterocycles. The number of carbonyl (C=O) groups is 1. The van der Waals surface area contributed by atoms with Crippen LogP contribution in [0.5, 0.6) is 5.75 Å².